The van der Waals surface area contributed by atoms with Gasteiger partial charge in [-0.3, -0.25) is 5.32 Å². The zero-order valence-corrected chi connectivity index (χ0v) is 10.8. The molecule has 0 aromatic heterocycles. The summed E-state index contributed by atoms with van der Waals surface area (Å²) in [5, 5.41) is 12.7. The van der Waals surface area contributed by atoms with Gasteiger partial charge in [0, 0.05) is 0 Å². The highest BCUT2D eigenvalue weighted by molar-refractivity contribution is 4.56. The number of nitrogens with zero attached hydrogens (tertiary/aromatic N) is 1. The first-order valence-electron chi connectivity index (χ1n) is 6.08. The van der Waals surface area contributed by atoms with E-state index in [1.54, 1.807) is 0 Å². The van der Waals surface area contributed by atoms with Crippen LogP contribution in [-0.2, 0) is 0 Å². The molecule has 0 rings (SSSR count). The fourth-order valence-electron chi connectivity index (χ4n) is 1.48. The Morgan fingerprint density at radius 2 is 1.80 bits per heavy atom. The number of aliphatic hydroxyl groups excluding tert-OH is 1. The zero-order valence-electron chi connectivity index (χ0n) is 10.8. The minimum atomic E-state index is -0.322. The molecule has 0 aromatic carbocycles. The van der Waals surface area contributed by atoms with Gasteiger partial charge in [-0.05, 0) is 58.8 Å². The summed E-state index contributed by atoms with van der Waals surface area (Å²) in [6.45, 7) is 6.44. The number of hydrogen-bond donors (Lipinski definition) is 2. The summed E-state index contributed by atoms with van der Waals surface area (Å²) in [4.78, 5) is 2.14. The highest BCUT2D eigenvalue weighted by Crippen LogP contribution is 2.02. The van der Waals surface area contributed by atoms with Gasteiger partial charge in [0.05, 0.1) is 0 Å². The maximum Gasteiger partial charge on any atom is 0.104 e. The van der Waals surface area contributed by atoms with Crippen molar-refractivity contribution < 1.29 is 5.11 Å². The van der Waals surface area contributed by atoms with Crippen LogP contribution in [-0.4, -0.2) is 43.4 Å². The lowest BCUT2D eigenvalue weighted by molar-refractivity contribution is 0.121. The average molecular weight is 216 g/mol. The molecule has 3 heteroatoms. The summed E-state index contributed by atoms with van der Waals surface area (Å²) in [6, 6.07) is 0. The molecule has 3 nitrogen and oxygen atoms in total. The van der Waals surface area contributed by atoms with E-state index < -0.39 is 0 Å². The minimum absolute atomic E-state index is 0.322. The fourth-order valence-corrected chi connectivity index (χ4v) is 1.48. The van der Waals surface area contributed by atoms with Crippen molar-refractivity contribution in [2.24, 2.45) is 5.92 Å². The Kier molecular flexibility index (Phi) is 9.06. The monoisotopic (exact) mass is 216 g/mol. The molecule has 0 amide bonds. The second-order valence-electron chi connectivity index (χ2n) is 4.95. The zero-order chi connectivity index (χ0) is 11.7. The van der Waals surface area contributed by atoms with Crippen molar-refractivity contribution in [3.8, 4) is 0 Å². The molecule has 0 aromatic rings. The predicted octanol–water partition coefficient (Wildman–Crippen LogP) is 1.67. The largest absolute Gasteiger partial charge is 0.379 e. The molecular formula is C12H28N2O. The first-order chi connectivity index (χ1) is 7.02. The molecule has 92 valence electrons. The van der Waals surface area contributed by atoms with Crippen LogP contribution in [0, 0.1) is 5.92 Å². The minimum Gasteiger partial charge on any atom is -0.379 e. The van der Waals surface area contributed by atoms with Crippen molar-refractivity contribution in [3.63, 3.8) is 0 Å². The summed E-state index contributed by atoms with van der Waals surface area (Å²) in [6.07, 6.45) is 3.96. The summed E-state index contributed by atoms with van der Waals surface area (Å²) in [7, 11) is 4.12. The second-order valence-corrected chi connectivity index (χ2v) is 4.95. The van der Waals surface area contributed by atoms with Gasteiger partial charge in [0.25, 0.3) is 0 Å². The van der Waals surface area contributed by atoms with E-state index >= 15 is 0 Å². The molecule has 0 saturated heterocycles. The third-order valence-electron chi connectivity index (χ3n) is 2.42. The molecule has 2 N–H and O–H groups in total. The highest BCUT2D eigenvalue weighted by atomic mass is 16.3. The molecule has 1 atom stereocenters. The van der Waals surface area contributed by atoms with Gasteiger partial charge in [0.1, 0.15) is 6.23 Å². The molecule has 0 saturated carbocycles. The molecule has 0 aliphatic heterocycles. The third-order valence-corrected chi connectivity index (χ3v) is 2.42. The lowest BCUT2D eigenvalue weighted by atomic mass is 10.1. The third kappa shape index (κ3) is 11.8. The van der Waals surface area contributed by atoms with Crippen molar-refractivity contribution in [1.82, 2.24) is 10.2 Å². The van der Waals surface area contributed by atoms with E-state index in [4.69, 9.17) is 0 Å². The molecule has 15 heavy (non-hydrogen) atoms. The first kappa shape index (κ1) is 14.9. The molecule has 1 unspecified atom stereocenters. The molecule has 0 heterocycles. The van der Waals surface area contributed by atoms with Gasteiger partial charge in [0.2, 0.25) is 0 Å². The van der Waals surface area contributed by atoms with E-state index in [9.17, 15) is 5.11 Å². The van der Waals surface area contributed by atoms with E-state index in [0.717, 1.165) is 38.3 Å². The molecule has 0 fully saturated rings. The standard InChI is InChI=1S/C12H28N2O/c1-11(2)7-5-9-13-12(15)8-6-10-14(3)4/h11-13,15H,5-10H2,1-4H3. The van der Waals surface area contributed by atoms with Crippen LogP contribution >= 0.6 is 0 Å². The Balaban J connectivity index is 3.22. The SMILES string of the molecule is CC(C)CCCNC(O)CCCN(C)C. The molecule has 0 spiro atoms. The summed E-state index contributed by atoms with van der Waals surface area (Å²) < 4.78 is 0. The average Bonchev–Trinajstić information content (AvgIpc) is 2.11. The van der Waals surface area contributed by atoms with Crippen LogP contribution in [0.1, 0.15) is 39.5 Å². The quantitative estimate of drug-likeness (QED) is 0.454. The van der Waals surface area contributed by atoms with Crippen molar-refractivity contribution >= 4 is 0 Å². The van der Waals surface area contributed by atoms with Gasteiger partial charge < -0.3 is 10.0 Å². The second kappa shape index (κ2) is 9.13. The molecular weight excluding hydrogens is 188 g/mol. The molecule has 0 aliphatic carbocycles. The number of nitrogens with one attached hydrogen (secondary N) is 1. The lowest BCUT2D eigenvalue weighted by Crippen LogP contribution is -2.30. The van der Waals surface area contributed by atoms with Crippen LogP contribution in [0.25, 0.3) is 0 Å². The maximum absolute atomic E-state index is 9.60. The first-order valence-corrected chi connectivity index (χ1v) is 6.08. The Hall–Kier alpha value is -0.120. The van der Waals surface area contributed by atoms with E-state index in [0.29, 0.717) is 0 Å². The van der Waals surface area contributed by atoms with Crippen LogP contribution in [0.15, 0.2) is 0 Å². The van der Waals surface area contributed by atoms with Gasteiger partial charge in [-0.2, -0.15) is 0 Å². The molecule has 0 radical (unpaired) electrons. The van der Waals surface area contributed by atoms with Crippen LogP contribution < -0.4 is 5.32 Å². The summed E-state index contributed by atoms with van der Waals surface area (Å²) in [5.41, 5.74) is 0. The van der Waals surface area contributed by atoms with E-state index in [1.807, 2.05) is 0 Å². The normalized spacial score (nSPS) is 13.8. The number of aliphatic hydroxyl groups is 1. The fraction of sp³-hybridized carbons (Fsp3) is 1.00. The summed E-state index contributed by atoms with van der Waals surface area (Å²) in [5.74, 6) is 0.762. The van der Waals surface area contributed by atoms with Gasteiger partial charge in [0.15, 0.2) is 0 Å². The van der Waals surface area contributed by atoms with Crippen molar-refractivity contribution in [3.05, 3.63) is 0 Å². The Morgan fingerprint density at radius 1 is 1.13 bits per heavy atom. The van der Waals surface area contributed by atoms with Crippen LogP contribution in [0.4, 0.5) is 0 Å². The molecule has 0 aliphatic rings. The van der Waals surface area contributed by atoms with Crippen LogP contribution in [0.3, 0.4) is 0 Å². The summed E-state index contributed by atoms with van der Waals surface area (Å²) >= 11 is 0. The Bertz CT molecular complexity index is 138. The smallest absolute Gasteiger partial charge is 0.104 e. The van der Waals surface area contributed by atoms with Crippen LogP contribution in [0.5, 0.6) is 0 Å². The number of hydrogen-bond acceptors (Lipinski definition) is 3. The van der Waals surface area contributed by atoms with Gasteiger partial charge in [-0.15, -0.1) is 0 Å². The van der Waals surface area contributed by atoms with E-state index in [1.165, 1.54) is 6.42 Å². The van der Waals surface area contributed by atoms with Gasteiger partial charge in [-0.25, -0.2) is 0 Å². The lowest BCUT2D eigenvalue weighted by Gasteiger charge is -2.15. The van der Waals surface area contributed by atoms with Crippen molar-refractivity contribution in [2.75, 3.05) is 27.2 Å². The molecule has 0 bridgehead atoms. The van der Waals surface area contributed by atoms with Gasteiger partial charge >= 0.3 is 0 Å². The Morgan fingerprint density at radius 3 is 2.33 bits per heavy atom. The van der Waals surface area contributed by atoms with Crippen molar-refractivity contribution in [1.29, 1.82) is 0 Å². The van der Waals surface area contributed by atoms with Crippen molar-refractivity contribution in [2.45, 2.75) is 45.8 Å². The Labute approximate surface area is 94.9 Å². The topological polar surface area (TPSA) is 35.5 Å². The van der Waals surface area contributed by atoms with E-state index in [-0.39, 0.29) is 6.23 Å². The maximum atomic E-state index is 9.60. The highest BCUT2D eigenvalue weighted by Gasteiger charge is 2.02. The van der Waals surface area contributed by atoms with Crippen LogP contribution in [0.2, 0.25) is 0 Å². The van der Waals surface area contributed by atoms with Gasteiger partial charge in [-0.1, -0.05) is 13.8 Å². The predicted molar refractivity (Wildman–Crippen MR) is 65.9 cm³/mol. The number of rotatable bonds is 9. The van der Waals surface area contributed by atoms with E-state index in [2.05, 4.69) is 38.2 Å².